The molecule has 6 heteroatoms. The fourth-order valence-electron chi connectivity index (χ4n) is 3.53. The Kier molecular flexibility index (Phi) is 14.7. The van der Waals surface area contributed by atoms with Crippen molar-refractivity contribution in [1.29, 1.82) is 0 Å². The van der Waals surface area contributed by atoms with E-state index in [1.807, 2.05) is 65.0 Å². The number of hydrogen-bond acceptors (Lipinski definition) is 5. The molecule has 3 rings (SSSR count). The number of ether oxygens (including phenoxy) is 3. The fraction of sp³-hybridized carbons (Fsp3) is 0.571. The highest BCUT2D eigenvalue weighted by Gasteiger charge is 2.19. The van der Waals surface area contributed by atoms with Crippen LogP contribution in [0.4, 0.5) is 5.69 Å². The summed E-state index contributed by atoms with van der Waals surface area (Å²) in [6.45, 7) is 19.6. The molecule has 0 aromatic heterocycles. The van der Waals surface area contributed by atoms with Gasteiger partial charge in [-0.15, -0.1) is 0 Å². The number of piperazine rings is 1. The maximum atomic E-state index is 6.23. The molecule has 1 aliphatic rings. The number of hydrogen-bond donors (Lipinski definition) is 0. The van der Waals surface area contributed by atoms with Crippen molar-refractivity contribution in [2.24, 2.45) is 0 Å². The van der Waals surface area contributed by atoms with Crippen molar-refractivity contribution < 1.29 is 14.2 Å². The highest BCUT2D eigenvalue weighted by molar-refractivity contribution is 6.32. The number of aryl methyl sites for hydroxylation is 1. The largest absolute Gasteiger partial charge is 0.491 e. The van der Waals surface area contributed by atoms with Crippen LogP contribution >= 0.6 is 11.6 Å². The van der Waals surface area contributed by atoms with E-state index >= 15 is 0 Å². The maximum Gasteiger partial charge on any atom is 0.138 e. The van der Waals surface area contributed by atoms with Crippen molar-refractivity contribution in [1.82, 2.24) is 4.90 Å². The number of anilines is 1. The molecule has 0 spiro atoms. The number of nitrogens with zero attached hydrogens (tertiary/aromatic N) is 2. The van der Waals surface area contributed by atoms with Crippen LogP contribution in [0.25, 0.3) is 0 Å². The van der Waals surface area contributed by atoms with Crippen LogP contribution in [-0.4, -0.2) is 63.5 Å². The first-order chi connectivity index (χ1) is 16.5. The van der Waals surface area contributed by atoms with Crippen molar-refractivity contribution in [2.45, 2.75) is 60.6 Å². The predicted molar refractivity (Wildman–Crippen MR) is 146 cm³/mol. The molecule has 1 fully saturated rings. The topological polar surface area (TPSA) is 34.2 Å². The molecule has 0 bridgehead atoms. The summed E-state index contributed by atoms with van der Waals surface area (Å²) in [7, 11) is 1.66. The second kappa shape index (κ2) is 16.6. The van der Waals surface area contributed by atoms with E-state index in [1.54, 1.807) is 7.11 Å². The smallest absolute Gasteiger partial charge is 0.138 e. The fourth-order valence-corrected chi connectivity index (χ4v) is 3.82. The summed E-state index contributed by atoms with van der Waals surface area (Å²) in [5, 5.41) is 0.607. The van der Waals surface area contributed by atoms with Gasteiger partial charge in [-0.25, -0.2) is 0 Å². The Morgan fingerprint density at radius 2 is 1.44 bits per heavy atom. The highest BCUT2D eigenvalue weighted by atomic mass is 35.5. The summed E-state index contributed by atoms with van der Waals surface area (Å²) in [6.07, 6.45) is -0.189. The van der Waals surface area contributed by atoms with E-state index in [9.17, 15) is 0 Å². The summed E-state index contributed by atoms with van der Waals surface area (Å²) in [5.41, 5.74) is 2.34. The third-order valence-electron chi connectivity index (χ3n) is 5.53. The maximum absolute atomic E-state index is 6.23. The van der Waals surface area contributed by atoms with E-state index in [0.29, 0.717) is 30.0 Å². The van der Waals surface area contributed by atoms with Gasteiger partial charge in [-0.3, -0.25) is 4.90 Å². The molecule has 5 nitrogen and oxygen atoms in total. The van der Waals surface area contributed by atoms with Crippen molar-refractivity contribution in [2.75, 3.05) is 51.4 Å². The van der Waals surface area contributed by atoms with E-state index < -0.39 is 0 Å². The Morgan fingerprint density at radius 3 is 1.97 bits per heavy atom. The van der Waals surface area contributed by atoms with Crippen LogP contribution in [0.2, 0.25) is 5.02 Å². The number of halogens is 1. The van der Waals surface area contributed by atoms with Crippen LogP contribution in [0.15, 0.2) is 42.5 Å². The predicted octanol–water partition coefficient (Wildman–Crippen LogP) is 6.70. The Bertz CT molecular complexity index is 791. The minimum absolute atomic E-state index is 0.189. The van der Waals surface area contributed by atoms with Crippen molar-refractivity contribution in [3.8, 4) is 11.5 Å². The lowest BCUT2D eigenvalue weighted by molar-refractivity contribution is 0.0238. The molecule has 0 aliphatic carbocycles. The first-order valence-electron chi connectivity index (χ1n) is 12.6. The third-order valence-corrected chi connectivity index (χ3v) is 5.82. The lowest BCUT2D eigenvalue weighted by atomic mass is 10.2. The summed E-state index contributed by atoms with van der Waals surface area (Å²) in [5.74, 6) is 1.49. The average molecular weight is 493 g/mol. The molecule has 192 valence electrons. The lowest BCUT2D eigenvalue weighted by Crippen LogP contribution is -2.48. The molecular formula is C28H45ClN2O3. The van der Waals surface area contributed by atoms with E-state index in [1.165, 1.54) is 5.69 Å². The van der Waals surface area contributed by atoms with Crippen molar-refractivity contribution in [3.05, 3.63) is 53.1 Å². The Labute approximate surface area is 212 Å². The quantitative estimate of drug-likeness (QED) is 0.389. The van der Waals surface area contributed by atoms with E-state index in [4.69, 9.17) is 25.8 Å². The molecule has 1 saturated heterocycles. The van der Waals surface area contributed by atoms with Crippen LogP contribution < -0.4 is 14.4 Å². The van der Waals surface area contributed by atoms with Gasteiger partial charge in [-0.05, 0) is 62.7 Å². The molecule has 1 atom stereocenters. The normalized spacial score (nSPS) is 14.5. The monoisotopic (exact) mass is 492 g/mol. The molecule has 2 aromatic carbocycles. The summed E-state index contributed by atoms with van der Waals surface area (Å²) in [4.78, 5) is 4.95. The van der Waals surface area contributed by atoms with Crippen molar-refractivity contribution in [3.63, 3.8) is 0 Å². The van der Waals surface area contributed by atoms with Gasteiger partial charge in [0.1, 0.15) is 30.8 Å². The van der Waals surface area contributed by atoms with E-state index in [2.05, 4.69) is 35.8 Å². The average Bonchev–Trinajstić information content (AvgIpc) is 2.88. The minimum Gasteiger partial charge on any atom is -0.491 e. The summed E-state index contributed by atoms with van der Waals surface area (Å²) in [6, 6.07) is 14.7. The molecule has 1 unspecified atom stereocenters. The molecule has 0 saturated carbocycles. The second-order valence-electron chi connectivity index (χ2n) is 8.02. The summed E-state index contributed by atoms with van der Waals surface area (Å²) < 4.78 is 17.2. The molecular weight excluding hydrogens is 448 g/mol. The van der Waals surface area contributed by atoms with Gasteiger partial charge in [0.2, 0.25) is 0 Å². The molecule has 0 radical (unpaired) electrons. The Morgan fingerprint density at radius 1 is 0.853 bits per heavy atom. The second-order valence-corrected chi connectivity index (χ2v) is 8.43. The highest BCUT2D eigenvalue weighted by Crippen LogP contribution is 2.25. The van der Waals surface area contributed by atoms with E-state index in [-0.39, 0.29) is 6.10 Å². The number of rotatable bonds is 9. The summed E-state index contributed by atoms with van der Waals surface area (Å²) >= 11 is 6.23. The van der Waals surface area contributed by atoms with Gasteiger partial charge in [0.25, 0.3) is 0 Å². The van der Waals surface area contributed by atoms with Crippen LogP contribution in [0, 0.1) is 6.92 Å². The van der Waals surface area contributed by atoms with Crippen LogP contribution in [0.3, 0.4) is 0 Å². The standard InChI is InChI=1S/C24H33ClN2O3.2C2H6/c1-18(2)26-11-13-27(14-12-26)20-6-8-21(9-7-20)29-16-22(28-4)17-30-24-10-5-19(3)15-23(24)25;2*1-2/h5-10,15,18,22H,11-14,16-17H2,1-4H3;2*1-2H3. The Balaban J connectivity index is 0.00000137. The molecule has 0 amide bonds. The Hall–Kier alpha value is -1.95. The van der Waals surface area contributed by atoms with Crippen molar-refractivity contribution >= 4 is 17.3 Å². The van der Waals surface area contributed by atoms with E-state index in [0.717, 1.165) is 37.5 Å². The van der Waals surface area contributed by atoms with Gasteiger partial charge in [0, 0.05) is 45.0 Å². The zero-order valence-electron chi connectivity index (χ0n) is 22.4. The van der Waals surface area contributed by atoms with Gasteiger partial charge >= 0.3 is 0 Å². The van der Waals surface area contributed by atoms with Gasteiger partial charge < -0.3 is 19.1 Å². The van der Waals surface area contributed by atoms with Crippen LogP contribution in [-0.2, 0) is 4.74 Å². The minimum atomic E-state index is -0.189. The SMILES string of the molecule is CC.CC.COC(COc1ccc(N2CCN(C(C)C)CC2)cc1)COc1ccc(C)cc1Cl. The lowest BCUT2D eigenvalue weighted by Gasteiger charge is -2.38. The molecule has 34 heavy (non-hydrogen) atoms. The molecule has 1 aliphatic heterocycles. The molecule has 1 heterocycles. The first kappa shape index (κ1) is 30.1. The van der Waals surface area contributed by atoms with Crippen LogP contribution in [0.5, 0.6) is 11.5 Å². The first-order valence-corrected chi connectivity index (χ1v) is 13.0. The zero-order valence-corrected chi connectivity index (χ0v) is 23.2. The van der Waals surface area contributed by atoms with Gasteiger partial charge in [0.15, 0.2) is 0 Å². The van der Waals surface area contributed by atoms with Crippen LogP contribution in [0.1, 0.15) is 47.1 Å². The van der Waals surface area contributed by atoms with Gasteiger partial charge in [-0.2, -0.15) is 0 Å². The van der Waals surface area contributed by atoms with Gasteiger partial charge in [-0.1, -0.05) is 45.4 Å². The number of benzene rings is 2. The molecule has 2 aromatic rings. The molecule has 0 N–H and O–H groups in total. The zero-order chi connectivity index (χ0) is 25.5. The number of methoxy groups -OCH3 is 1. The van der Waals surface area contributed by atoms with Gasteiger partial charge in [0.05, 0.1) is 5.02 Å². The third kappa shape index (κ3) is 9.73.